The predicted molar refractivity (Wildman–Crippen MR) is 88.9 cm³/mol. The number of anilines is 1. The van der Waals surface area contributed by atoms with Crippen LogP contribution in [0.25, 0.3) is 22.4 Å². The van der Waals surface area contributed by atoms with Crippen LogP contribution in [-0.4, -0.2) is 4.98 Å². The van der Waals surface area contributed by atoms with Crippen molar-refractivity contribution >= 4 is 5.82 Å². The zero-order valence-corrected chi connectivity index (χ0v) is 12.5. The highest BCUT2D eigenvalue weighted by Gasteiger charge is 2.18. The first-order valence-corrected chi connectivity index (χ1v) is 7.13. The van der Waals surface area contributed by atoms with Crippen molar-refractivity contribution in [2.45, 2.75) is 6.92 Å². The van der Waals surface area contributed by atoms with Gasteiger partial charge in [-0.2, -0.15) is 5.26 Å². The van der Waals surface area contributed by atoms with Gasteiger partial charge in [0.2, 0.25) is 0 Å². The van der Waals surface area contributed by atoms with Crippen LogP contribution in [0, 0.1) is 24.1 Å². The number of nitriles is 1. The predicted octanol–water partition coefficient (Wildman–Crippen LogP) is 4.32. The maximum atomic E-state index is 13.2. The lowest BCUT2D eigenvalue weighted by atomic mass is 9.93. The molecule has 0 unspecified atom stereocenters. The van der Waals surface area contributed by atoms with E-state index in [1.165, 1.54) is 12.1 Å². The van der Waals surface area contributed by atoms with Crippen LogP contribution >= 0.6 is 0 Å². The van der Waals surface area contributed by atoms with E-state index in [4.69, 9.17) is 5.73 Å². The van der Waals surface area contributed by atoms with Gasteiger partial charge in [0, 0.05) is 11.1 Å². The fraction of sp³-hybridized carbons (Fsp3) is 0.0526. The summed E-state index contributed by atoms with van der Waals surface area (Å²) in [5, 5.41) is 9.46. The van der Waals surface area contributed by atoms with E-state index in [2.05, 4.69) is 11.1 Å². The van der Waals surface area contributed by atoms with Gasteiger partial charge in [0.05, 0.1) is 5.69 Å². The summed E-state index contributed by atoms with van der Waals surface area (Å²) in [5.74, 6) is -0.147. The molecule has 0 atom stereocenters. The third kappa shape index (κ3) is 2.65. The number of rotatable bonds is 2. The fourth-order valence-electron chi connectivity index (χ4n) is 2.66. The van der Waals surface area contributed by atoms with Crippen molar-refractivity contribution in [2.24, 2.45) is 0 Å². The summed E-state index contributed by atoms with van der Waals surface area (Å²) >= 11 is 0. The fourth-order valence-corrected chi connectivity index (χ4v) is 2.66. The van der Waals surface area contributed by atoms with Crippen LogP contribution in [0.3, 0.4) is 0 Å². The lowest BCUT2D eigenvalue weighted by Gasteiger charge is -2.15. The van der Waals surface area contributed by atoms with E-state index in [1.54, 1.807) is 12.1 Å². The van der Waals surface area contributed by atoms with E-state index in [-0.39, 0.29) is 11.6 Å². The molecule has 1 heterocycles. The van der Waals surface area contributed by atoms with Crippen molar-refractivity contribution in [3.63, 3.8) is 0 Å². The monoisotopic (exact) mass is 303 g/mol. The van der Waals surface area contributed by atoms with Crippen LogP contribution in [-0.2, 0) is 0 Å². The molecule has 0 amide bonds. The van der Waals surface area contributed by atoms with Gasteiger partial charge in [0.25, 0.3) is 0 Å². The van der Waals surface area contributed by atoms with Crippen LogP contribution in [0.4, 0.5) is 10.2 Å². The van der Waals surface area contributed by atoms with E-state index in [0.717, 1.165) is 22.4 Å². The zero-order chi connectivity index (χ0) is 16.4. The Labute approximate surface area is 133 Å². The van der Waals surface area contributed by atoms with Crippen molar-refractivity contribution in [1.29, 1.82) is 5.26 Å². The minimum absolute atomic E-state index is 0.177. The molecule has 0 radical (unpaired) electrons. The van der Waals surface area contributed by atoms with Gasteiger partial charge in [0.15, 0.2) is 0 Å². The quantitative estimate of drug-likeness (QED) is 0.767. The minimum Gasteiger partial charge on any atom is -0.383 e. The Kier molecular flexibility index (Phi) is 3.78. The van der Waals surface area contributed by atoms with Crippen molar-refractivity contribution in [3.05, 3.63) is 71.5 Å². The smallest absolute Gasteiger partial charge is 0.142 e. The topological polar surface area (TPSA) is 62.7 Å². The summed E-state index contributed by atoms with van der Waals surface area (Å²) in [5.41, 5.74) is 10.2. The van der Waals surface area contributed by atoms with Crippen LogP contribution in [0.2, 0.25) is 0 Å². The van der Waals surface area contributed by atoms with E-state index in [9.17, 15) is 9.65 Å². The number of pyridine rings is 1. The Bertz CT molecular complexity index is 895. The first-order chi connectivity index (χ1) is 11.1. The van der Waals surface area contributed by atoms with Crippen LogP contribution in [0.1, 0.15) is 11.1 Å². The van der Waals surface area contributed by atoms with E-state index < -0.39 is 0 Å². The third-order valence-corrected chi connectivity index (χ3v) is 3.76. The Morgan fingerprint density at radius 2 is 1.65 bits per heavy atom. The summed E-state index contributed by atoms with van der Waals surface area (Å²) in [7, 11) is 0. The van der Waals surface area contributed by atoms with Crippen molar-refractivity contribution in [1.82, 2.24) is 4.98 Å². The molecule has 0 saturated heterocycles. The summed E-state index contributed by atoms with van der Waals surface area (Å²) in [6.07, 6.45) is 0. The highest BCUT2D eigenvalue weighted by Crippen LogP contribution is 2.35. The molecule has 0 aliphatic heterocycles. The van der Waals surface area contributed by atoms with Crippen LogP contribution < -0.4 is 5.73 Å². The van der Waals surface area contributed by atoms with Gasteiger partial charge in [-0.05, 0) is 30.2 Å². The minimum atomic E-state index is -0.324. The Hall–Kier alpha value is -3.19. The second-order valence-corrected chi connectivity index (χ2v) is 5.21. The highest BCUT2D eigenvalue weighted by atomic mass is 19.1. The van der Waals surface area contributed by atoms with Gasteiger partial charge in [-0.25, -0.2) is 9.37 Å². The Morgan fingerprint density at radius 1 is 1.00 bits per heavy atom. The number of nitrogen functional groups attached to an aromatic ring is 1. The van der Waals surface area contributed by atoms with Gasteiger partial charge in [-0.15, -0.1) is 0 Å². The highest BCUT2D eigenvalue weighted by molar-refractivity contribution is 5.84. The first kappa shape index (κ1) is 14.7. The summed E-state index contributed by atoms with van der Waals surface area (Å²) < 4.78 is 13.2. The SMILES string of the molecule is Cc1c(-c2ccccc2)nc(N)c(C#N)c1-c1ccc(F)cc1. The number of nitrogens with two attached hydrogens (primary N) is 1. The molecule has 3 aromatic rings. The number of aromatic nitrogens is 1. The first-order valence-electron chi connectivity index (χ1n) is 7.13. The number of hydrogen-bond acceptors (Lipinski definition) is 3. The third-order valence-electron chi connectivity index (χ3n) is 3.76. The molecule has 0 saturated carbocycles. The molecule has 0 aliphatic rings. The molecule has 0 aliphatic carbocycles. The molecule has 0 fully saturated rings. The van der Waals surface area contributed by atoms with Gasteiger partial charge < -0.3 is 5.73 Å². The van der Waals surface area contributed by atoms with Crippen molar-refractivity contribution < 1.29 is 4.39 Å². The van der Waals surface area contributed by atoms with Crippen molar-refractivity contribution in [2.75, 3.05) is 5.73 Å². The molecule has 1 aromatic heterocycles. The van der Waals surface area contributed by atoms with Crippen LogP contribution in [0.5, 0.6) is 0 Å². The molecule has 2 N–H and O–H groups in total. The Balaban J connectivity index is 2.32. The maximum Gasteiger partial charge on any atom is 0.142 e. The lowest BCUT2D eigenvalue weighted by Crippen LogP contribution is -2.03. The summed E-state index contributed by atoms with van der Waals surface area (Å²) in [4.78, 5) is 4.40. The molecule has 23 heavy (non-hydrogen) atoms. The number of hydrogen-bond donors (Lipinski definition) is 1. The molecule has 4 heteroatoms. The molecule has 112 valence electrons. The molecular weight excluding hydrogens is 289 g/mol. The summed E-state index contributed by atoms with van der Waals surface area (Å²) in [6.45, 7) is 1.90. The number of benzene rings is 2. The summed E-state index contributed by atoms with van der Waals surface area (Å²) in [6, 6.07) is 17.8. The second-order valence-electron chi connectivity index (χ2n) is 5.21. The van der Waals surface area contributed by atoms with Gasteiger partial charge in [-0.3, -0.25) is 0 Å². The van der Waals surface area contributed by atoms with E-state index >= 15 is 0 Å². The average molecular weight is 303 g/mol. The maximum absolute atomic E-state index is 13.2. The average Bonchev–Trinajstić information content (AvgIpc) is 2.58. The largest absolute Gasteiger partial charge is 0.383 e. The molecule has 3 rings (SSSR count). The number of nitrogens with zero attached hydrogens (tertiary/aromatic N) is 2. The molecule has 3 nitrogen and oxygen atoms in total. The number of halogens is 1. The van der Waals surface area contributed by atoms with Gasteiger partial charge >= 0.3 is 0 Å². The molecule has 2 aromatic carbocycles. The Morgan fingerprint density at radius 3 is 2.26 bits per heavy atom. The van der Waals surface area contributed by atoms with Crippen molar-refractivity contribution in [3.8, 4) is 28.5 Å². The van der Waals surface area contributed by atoms with E-state index in [1.807, 2.05) is 37.3 Å². The van der Waals surface area contributed by atoms with E-state index in [0.29, 0.717) is 11.1 Å². The zero-order valence-electron chi connectivity index (χ0n) is 12.5. The molecule has 0 bridgehead atoms. The van der Waals surface area contributed by atoms with Crippen LogP contribution in [0.15, 0.2) is 54.6 Å². The molecule has 0 spiro atoms. The van der Waals surface area contributed by atoms with Gasteiger partial charge in [-0.1, -0.05) is 42.5 Å². The van der Waals surface area contributed by atoms with Gasteiger partial charge in [0.1, 0.15) is 23.3 Å². The standard InChI is InChI=1S/C19H14FN3/c1-12-17(13-7-9-15(20)10-8-13)16(11-21)19(22)23-18(12)14-5-3-2-4-6-14/h2-10H,1H3,(H2,22,23). The second kappa shape index (κ2) is 5.90. The normalized spacial score (nSPS) is 10.3. The lowest BCUT2D eigenvalue weighted by molar-refractivity contribution is 0.628. The molecular formula is C19H14FN3.